The standard InChI is InChI=1S/C17H33NO2/c1-7-20-16(19)17(18-11-12(2)3)10-14(6)8-9-15(17)13(4)5/h12-15,18H,7-11H2,1-6H3. The molecule has 3 nitrogen and oxygen atoms in total. The molecule has 1 fully saturated rings. The van der Waals surface area contributed by atoms with Crippen molar-refractivity contribution < 1.29 is 9.53 Å². The van der Waals surface area contributed by atoms with Crippen LogP contribution in [0.1, 0.15) is 60.8 Å². The van der Waals surface area contributed by atoms with Gasteiger partial charge in [0.05, 0.1) is 6.61 Å². The summed E-state index contributed by atoms with van der Waals surface area (Å²) in [6.45, 7) is 14.3. The fourth-order valence-corrected chi connectivity index (χ4v) is 3.57. The van der Waals surface area contributed by atoms with Crippen LogP contribution in [0, 0.1) is 23.7 Å². The van der Waals surface area contributed by atoms with Gasteiger partial charge < -0.3 is 10.1 Å². The van der Waals surface area contributed by atoms with Crippen LogP contribution in [-0.4, -0.2) is 24.7 Å². The van der Waals surface area contributed by atoms with Gasteiger partial charge in [0.2, 0.25) is 0 Å². The minimum Gasteiger partial charge on any atom is -0.465 e. The highest BCUT2D eigenvalue weighted by molar-refractivity contribution is 5.81. The third-order valence-corrected chi connectivity index (χ3v) is 4.54. The quantitative estimate of drug-likeness (QED) is 0.757. The first-order chi connectivity index (χ1) is 9.33. The Morgan fingerprint density at radius 2 is 1.95 bits per heavy atom. The minimum atomic E-state index is -0.480. The average molecular weight is 283 g/mol. The molecular formula is C17H33NO2. The molecule has 0 aromatic heterocycles. The van der Waals surface area contributed by atoms with Gasteiger partial charge in [0, 0.05) is 0 Å². The van der Waals surface area contributed by atoms with E-state index < -0.39 is 5.54 Å². The van der Waals surface area contributed by atoms with Crippen LogP contribution in [0.4, 0.5) is 0 Å². The zero-order chi connectivity index (χ0) is 15.3. The van der Waals surface area contributed by atoms with Gasteiger partial charge >= 0.3 is 5.97 Å². The van der Waals surface area contributed by atoms with E-state index in [1.54, 1.807) is 0 Å². The van der Waals surface area contributed by atoms with Crippen LogP contribution in [0.5, 0.6) is 0 Å². The molecule has 0 amide bonds. The van der Waals surface area contributed by atoms with Crippen LogP contribution >= 0.6 is 0 Å². The summed E-state index contributed by atoms with van der Waals surface area (Å²) in [6, 6.07) is 0. The summed E-state index contributed by atoms with van der Waals surface area (Å²) in [5, 5.41) is 3.61. The smallest absolute Gasteiger partial charge is 0.326 e. The maximum atomic E-state index is 12.7. The number of nitrogens with one attached hydrogen (secondary N) is 1. The first kappa shape index (κ1) is 17.5. The molecule has 1 N–H and O–H groups in total. The van der Waals surface area contributed by atoms with Gasteiger partial charge in [0.15, 0.2) is 0 Å². The van der Waals surface area contributed by atoms with Gasteiger partial charge in [0.25, 0.3) is 0 Å². The molecular weight excluding hydrogens is 250 g/mol. The lowest BCUT2D eigenvalue weighted by Gasteiger charge is -2.47. The molecule has 0 aromatic carbocycles. The Balaban J connectivity index is 3.04. The average Bonchev–Trinajstić information content (AvgIpc) is 2.36. The molecule has 0 aliphatic heterocycles. The van der Waals surface area contributed by atoms with E-state index in [1.165, 1.54) is 6.42 Å². The first-order valence-corrected chi connectivity index (χ1v) is 8.25. The SMILES string of the molecule is CCOC(=O)C1(NCC(C)C)CC(C)CCC1C(C)C. The van der Waals surface area contributed by atoms with Crippen molar-refractivity contribution in [2.24, 2.45) is 23.7 Å². The van der Waals surface area contributed by atoms with E-state index in [9.17, 15) is 4.79 Å². The number of esters is 1. The molecule has 118 valence electrons. The van der Waals surface area contributed by atoms with E-state index in [0.717, 1.165) is 19.4 Å². The van der Waals surface area contributed by atoms with Crippen LogP contribution < -0.4 is 5.32 Å². The lowest BCUT2D eigenvalue weighted by molar-refractivity contribution is -0.158. The second-order valence-corrected chi connectivity index (χ2v) is 7.20. The number of hydrogen-bond donors (Lipinski definition) is 1. The summed E-state index contributed by atoms with van der Waals surface area (Å²) in [5.74, 6) is 1.94. The summed E-state index contributed by atoms with van der Waals surface area (Å²) in [4.78, 5) is 12.7. The Hall–Kier alpha value is -0.570. The largest absolute Gasteiger partial charge is 0.465 e. The third kappa shape index (κ3) is 3.97. The molecule has 3 heteroatoms. The van der Waals surface area contributed by atoms with Crippen LogP contribution in [0.2, 0.25) is 0 Å². The van der Waals surface area contributed by atoms with Crippen molar-refractivity contribution in [1.29, 1.82) is 0 Å². The number of carbonyl (C=O) groups is 1. The van der Waals surface area contributed by atoms with Gasteiger partial charge in [-0.3, -0.25) is 4.79 Å². The Morgan fingerprint density at radius 1 is 1.30 bits per heavy atom. The molecule has 3 unspecified atom stereocenters. The summed E-state index contributed by atoms with van der Waals surface area (Å²) < 4.78 is 5.44. The molecule has 0 saturated heterocycles. The van der Waals surface area contributed by atoms with Crippen molar-refractivity contribution in [2.75, 3.05) is 13.2 Å². The monoisotopic (exact) mass is 283 g/mol. The predicted octanol–water partition coefficient (Wildman–Crippen LogP) is 3.63. The van der Waals surface area contributed by atoms with Gasteiger partial charge in [-0.1, -0.05) is 41.0 Å². The molecule has 3 atom stereocenters. The molecule has 1 saturated carbocycles. The van der Waals surface area contributed by atoms with E-state index in [0.29, 0.717) is 30.3 Å². The summed E-state index contributed by atoms with van der Waals surface area (Å²) >= 11 is 0. The Labute approximate surface area is 124 Å². The number of carbonyl (C=O) groups excluding carboxylic acids is 1. The highest BCUT2D eigenvalue weighted by atomic mass is 16.5. The van der Waals surface area contributed by atoms with Crippen molar-refractivity contribution in [3.8, 4) is 0 Å². The molecule has 20 heavy (non-hydrogen) atoms. The highest BCUT2D eigenvalue weighted by Gasteiger charge is 2.50. The Morgan fingerprint density at radius 3 is 2.45 bits per heavy atom. The number of hydrogen-bond acceptors (Lipinski definition) is 3. The number of rotatable bonds is 6. The molecule has 0 radical (unpaired) electrons. The van der Waals surface area contributed by atoms with E-state index in [2.05, 4.69) is 39.9 Å². The fraction of sp³-hybridized carbons (Fsp3) is 0.941. The Bertz CT molecular complexity index is 314. The van der Waals surface area contributed by atoms with Crippen molar-refractivity contribution in [1.82, 2.24) is 5.32 Å². The van der Waals surface area contributed by atoms with Crippen LogP contribution in [0.3, 0.4) is 0 Å². The fourth-order valence-electron chi connectivity index (χ4n) is 3.57. The van der Waals surface area contributed by atoms with Gasteiger partial charge in [-0.25, -0.2) is 0 Å². The van der Waals surface area contributed by atoms with E-state index in [4.69, 9.17) is 4.74 Å². The topological polar surface area (TPSA) is 38.3 Å². The first-order valence-electron chi connectivity index (χ1n) is 8.25. The molecule has 1 rings (SSSR count). The summed E-state index contributed by atoms with van der Waals surface area (Å²) in [5.41, 5.74) is -0.480. The summed E-state index contributed by atoms with van der Waals surface area (Å²) in [7, 11) is 0. The van der Waals surface area contributed by atoms with Crippen molar-refractivity contribution in [3.63, 3.8) is 0 Å². The van der Waals surface area contributed by atoms with Gasteiger partial charge in [-0.15, -0.1) is 0 Å². The minimum absolute atomic E-state index is 0.0362. The van der Waals surface area contributed by atoms with Crippen molar-refractivity contribution in [3.05, 3.63) is 0 Å². The maximum absolute atomic E-state index is 12.7. The summed E-state index contributed by atoms with van der Waals surface area (Å²) in [6.07, 6.45) is 3.23. The molecule has 1 aliphatic rings. The van der Waals surface area contributed by atoms with Gasteiger partial charge in [0.1, 0.15) is 5.54 Å². The zero-order valence-electron chi connectivity index (χ0n) is 14.2. The second-order valence-electron chi connectivity index (χ2n) is 7.20. The molecule has 0 bridgehead atoms. The lowest BCUT2D eigenvalue weighted by Crippen LogP contribution is -2.62. The molecule has 0 heterocycles. The predicted molar refractivity (Wildman–Crippen MR) is 83.5 cm³/mol. The highest BCUT2D eigenvalue weighted by Crippen LogP contribution is 2.42. The molecule has 1 aliphatic carbocycles. The maximum Gasteiger partial charge on any atom is 0.326 e. The van der Waals surface area contributed by atoms with Gasteiger partial charge in [-0.2, -0.15) is 0 Å². The zero-order valence-corrected chi connectivity index (χ0v) is 14.2. The second kappa shape index (κ2) is 7.44. The van der Waals surface area contributed by atoms with Crippen molar-refractivity contribution >= 4 is 5.97 Å². The van der Waals surface area contributed by atoms with Gasteiger partial charge in [-0.05, 0) is 50.0 Å². The van der Waals surface area contributed by atoms with Crippen LogP contribution in [-0.2, 0) is 9.53 Å². The lowest BCUT2D eigenvalue weighted by atomic mass is 9.64. The Kier molecular flexibility index (Phi) is 6.50. The van der Waals surface area contributed by atoms with E-state index in [-0.39, 0.29) is 5.97 Å². The van der Waals surface area contributed by atoms with Crippen molar-refractivity contribution in [2.45, 2.75) is 66.3 Å². The third-order valence-electron chi connectivity index (χ3n) is 4.54. The molecule has 0 aromatic rings. The molecule has 0 spiro atoms. The van der Waals surface area contributed by atoms with E-state index in [1.807, 2.05) is 6.92 Å². The normalized spacial score (nSPS) is 30.8. The number of ether oxygens (including phenoxy) is 1. The van der Waals surface area contributed by atoms with Crippen LogP contribution in [0.25, 0.3) is 0 Å². The van der Waals surface area contributed by atoms with E-state index >= 15 is 0 Å². The van der Waals surface area contributed by atoms with Crippen LogP contribution in [0.15, 0.2) is 0 Å².